The van der Waals surface area contributed by atoms with Gasteiger partial charge in [0.1, 0.15) is 5.76 Å². The maximum Gasteiger partial charge on any atom is 0.225 e. The maximum atomic E-state index is 12.4. The number of carbonyl (C=O) groups excluding carboxylic acids is 1. The number of hydrogen-bond donors (Lipinski definition) is 0. The van der Waals surface area contributed by atoms with Crippen molar-refractivity contribution in [1.82, 2.24) is 4.90 Å². The van der Waals surface area contributed by atoms with Crippen LogP contribution in [0.15, 0.2) is 22.8 Å². The lowest BCUT2D eigenvalue weighted by Crippen LogP contribution is -2.35. The summed E-state index contributed by atoms with van der Waals surface area (Å²) >= 11 is 0. The topological polar surface area (TPSA) is 33.5 Å². The zero-order valence-electron chi connectivity index (χ0n) is 10.8. The number of amides is 1. The molecule has 0 spiro atoms. The highest BCUT2D eigenvalue weighted by Gasteiger charge is 2.32. The Balaban J connectivity index is 1.59. The first-order valence-corrected chi connectivity index (χ1v) is 7.17. The summed E-state index contributed by atoms with van der Waals surface area (Å²) in [5, 5.41) is 0. The molecule has 1 saturated carbocycles. The van der Waals surface area contributed by atoms with E-state index in [4.69, 9.17) is 4.42 Å². The Hall–Kier alpha value is -1.25. The van der Waals surface area contributed by atoms with Gasteiger partial charge in [-0.15, -0.1) is 0 Å². The van der Waals surface area contributed by atoms with Crippen molar-refractivity contribution >= 4 is 5.91 Å². The van der Waals surface area contributed by atoms with E-state index in [9.17, 15) is 4.79 Å². The van der Waals surface area contributed by atoms with E-state index in [0.29, 0.717) is 17.7 Å². The van der Waals surface area contributed by atoms with Gasteiger partial charge < -0.3 is 9.32 Å². The summed E-state index contributed by atoms with van der Waals surface area (Å²) in [6.07, 6.45) is 8.73. The first kappa shape index (κ1) is 11.8. The molecule has 0 N–H and O–H groups in total. The first-order chi connectivity index (χ1) is 8.84. The Morgan fingerprint density at radius 3 is 2.78 bits per heavy atom. The van der Waals surface area contributed by atoms with E-state index in [2.05, 4.69) is 4.90 Å². The molecule has 1 aliphatic heterocycles. The van der Waals surface area contributed by atoms with Crippen molar-refractivity contribution in [2.24, 2.45) is 5.92 Å². The molecule has 1 aliphatic carbocycles. The molecule has 3 rings (SSSR count). The number of furan rings is 1. The van der Waals surface area contributed by atoms with Crippen molar-refractivity contribution < 1.29 is 9.21 Å². The number of nitrogens with zero attached hydrogens (tertiary/aromatic N) is 1. The van der Waals surface area contributed by atoms with Crippen LogP contribution in [0.5, 0.6) is 0 Å². The van der Waals surface area contributed by atoms with Gasteiger partial charge in [-0.05, 0) is 31.4 Å². The van der Waals surface area contributed by atoms with Crippen molar-refractivity contribution in [2.75, 3.05) is 13.1 Å². The number of rotatable bonds is 2. The van der Waals surface area contributed by atoms with Crippen LogP contribution in [0.25, 0.3) is 0 Å². The molecule has 1 aromatic rings. The summed E-state index contributed by atoms with van der Waals surface area (Å²) in [5.41, 5.74) is 0. The molecule has 3 nitrogen and oxygen atoms in total. The Kier molecular flexibility index (Phi) is 3.39. The van der Waals surface area contributed by atoms with Crippen molar-refractivity contribution in [3.05, 3.63) is 24.2 Å². The van der Waals surface area contributed by atoms with Crippen LogP contribution in [0.3, 0.4) is 0 Å². The molecule has 1 aromatic heterocycles. The predicted molar refractivity (Wildman–Crippen MR) is 69.2 cm³/mol. The second-order valence-corrected chi connectivity index (χ2v) is 5.62. The van der Waals surface area contributed by atoms with Crippen molar-refractivity contribution in [1.29, 1.82) is 0 Å². The monoisotopic (exact) mass is 247 g/mol. The van der Waals surface area contributed by atoms with Crippen LogP contribution < -0.4 is 0 Å². The normalized spacial score (nSPS) is 25.6. The average molecular weight is 247 g/mol. The maximum absolute atomic E-state index is 12.4. The Morgan fingerprint density at radius 1 is 1.22 bits per heavy atom. The summed E-state index contributed by atoms with van der Waals surface area (Å²) in [7, 11) is 0. The van der Waals surface area contributed by atoms with Gasteiger partial charge >= 0.3 is 0 Å². The molecule has 0 radical (unpaired) electrons. The van der Waals surface area contributed by atoms with Crippen LogP contribution >= 0.6 is 0 Å². The van der Waals surface area contributed by atoms with Gasteiger partial charge in [0.15, 0.2) is 0 Å². The van der Waals surface area contributed by atoms with Gasteiger partial charge in [0.25, 0.3) is 0 Å². The first-order valence-electron chi connectivity index (χ1n) is 7.17. The third kappa shape index (κ3) is 2.31. The highest BCUT2D eigenvalue weighted by atomic mass is 16.3. The van der Waals surface area contributed by atoms with E-state index in [1.54, 1.807) is 6.26 Å². The molecule has 0 aromatic carbocycles. The highest BCUT2D eigenvalue weighted by molar-refractivity contribution is 5.79. The predicted octanol–water partition coefficient (Wildman–Crippen LogP) is 3.18. The van der Waals surface area contributed by atoms with E-state index in [-0.39, 0.29) is 0 Å². The summed E-state index contributed by atoms with van der Waals surface area (Å²) in [4.78, 5) is 14.5. The molecule has 2 heterocycles. The highest BCUT2D eigenvalue weighted by Crippen LogP contribution is 2.31. The zero-order chi connectivity index (χ0) is 12.4. The minimum absolute atomic E-state index is 0.300. The largest absolute Gasteiger partial charge is 0.469 e. The quantitative estimate of drug-likeness (QED) is 0.804. The fourth-order valence-electron chi connectivity index (χ4n) is 3.32. The van der Waals surface area contributed by atoms with Crippen molar-refractivity contribution in [3.8, 4) is 0 Å². The molecule has 1 saturated heterocycles. The molecule has 2 fully saturated rings. The third-order valence-corrected chi connectivity index (χ3v) is 4.40. The molecular weight excluding hydrogens is 226 g/mol. The minimum Gasteiger partial charge on any atom is -0.469 e. The van der Waals surface area contributed by atoms with Gasteiger partial charge in [-0.3, -0.25) is 4.79 Å². The zero-order valence-corrected chi connectivity index (χ0v) is 10.8. The van der Waals surface area contributed by atoms with Crippen LogP contribution in [0.2, 0.25) is 0 Å². The summed E-state index contributed by atoms with van der Waals surface area (Å²) in [5.74, 6) is 2.14. The van der Waals surface area contributed by atoms with Crippen molar-refractivity contribution in [3.63, 3.8) is 0 Å². The van der Waals surface area contributed by atoms with Crippen molar-refractivity contribution in [2.45, 2.75) is 44.4 Å². The van der Waals surface area contributed by atoms with E-state index < -0.39 is 0 Å². The summed E-state index contributed by atoms with van der Waals surface area (Å²) < 4.78 is 5.45. The lowest BCUT2D eigenvalue weighted by molar-refractivity contribution is -0.135. The smallest absolute Gasteiger partial charge is 0.225 e. The second kappa shape index (κ2) is 5.17. The number of carbonyl (C=O) groups is 1. The van der Waals surface area contributed by atoms with Gasteiger partial charge in [0.2, 0.25) is 5.91 Å². The molecule has 1 unspecified atom stereocenters. The number of likely N-dealkylation sites (tertiary alicyclic amines) is 1. The van der Waals surface area contributed by atoms with Crippen LogP contribution in [-0.4, -0.2) is 23.9 Å². The Labute approximate surface area is 108 Å². The lowest BCUT2D eigenvalue weighted by atomic mass is 9.88. The molecule has 3 heteroatoms. The summed E-state index contributed by atoms with van der Waals surface area (Å²) in [6.45, 7) is 1.75. The van der Waals surface area contributed by atoms with Gasteiger partial charge in [-0.25, -0.2) is 0 Å². The lowest BCUT2D eigenvalue weighted by Gasteiger charge is -2.26. The third-order valence-electron chi connectivity index (χ3n) is 4.40. The van der Waals surface area contributed by atoms with E-state index >= 15 is 0 Å². The summed E-state index contributed by atoms with van der Waals surface area (Å²) in [6, 6.07) is 3.96. The molecule has 18 heavy (non-hydrogen) atoms. The SMILES string of the molecule is O=C(C1CCCCC1)N1CCC(c2ccco2)C1. The van der Waals surface area contributed by atoms with Gasteiger partial charge in [-0.2, -0.15) is 0 Å². The molecule has 1 amide bonds. The fraction of sp³-hybridized carbons (Fsp3) is 0.667. The van der Waals surface area contributed by atoms with Crippen LogP contribution in [0.1, 0.15) is 50.2 Å². The standard InChI is InChI=1S/C15H21NO2/c17-15(12-5-2-1-3-6-12)16-9-8-13(11-16)14-7-4-10-18-14/h4,7,10,12-13H,1-3,5-6,8-9,11H2. The average Bonchev–Trinajstić information content (AvgIpc) is 3.09. The van der Waals surface area contributed by atoms with E-state index in [0.717, 1.165) is 38.1 Å². The van der Waals surface area contributed by atoms with Crippen LogP contribution in [-0.2, 0) is 4.79 Å². The second-order valence-electron chi connectivity index (χ2n) is 5.62. The fourth-order valence-corrected chi connectivity index (χ4v) is 3.32. The Bertz CT molecular complexity index is 393. The van der Waals surface area contributed by atoms with E-state index in [1.807, 2.05) is 12.1 Å². The molecule has 2 aliphatic rings. The molecule has 0 bridgehead atoms. The minimum atomic E-state index is 0.300. The molecule has 98 valence electrons. The number of hydrogen-bond acceptors (Lipinski definition) is 2. The van der Waals surface area contributed by atoms with Gasteiger partial charge in [0, 0.05) is 24.9 Å². The van der Waals surface area contributed by atoms with Crippen LogP contribution in [0.4, 0.5) is 0 Å². The molecular formula is C15H21NO2. The van der Waals surface area contributed by atoms with Crippen LogP contribution in [0, 0.1) is 5.92 Å². The van der Waals surface area contributed by atoms with Gasteiger partial charge in [-0.1, -0.05) is 19.3 Å². The van der Waals surface area contributed by atoms with E-state index in [1.165, 1.54) is 19.3 Å². The molecule has 1 atom stereocenters. The van der Waals surface area contributed by atoms with Gasteiger partial charge in [0.05, 0.1) is 6.26 Å². The Morgan fingerprint density at radius 2 is 2.06 bits per heavy atom.